The summed E-state index contributed by atoms with van der Waals surface area (Å²) in [5, 5.41) is 0. The van der Waals surface area contributed by atoms with Crippen molar-refractivity contribution in [3.63, 3.8) is 0 Å². The third-order valence-corrected chi connectivity index (χ3v) is 21.9. The van der Waals surface area contributed by atoms with Crippen molar-refractivity contribution in [3.05, 3.63) is 161 Å². The number of benzene rings is 2. The molecule has 0 saturated carbocycles. The Balaban J connectivity index is 0.919. The van der Waals surface area contributed by atoms with Gasteiger partial charge in [-0.05, 0) is 60.7 Å². The number of hydrogen-bond acceptors (Lipinski definition) is 3. The van der Waals surface area contributed by atoms with Crippen LogP contribution in [0.4, 0.5) is 11.4 Å². The van der Waals surface area contributed by atoms with Crippen LogP contribution in [-0.4, -0.2) is 99.3 Å². The van der Waals surface area contributed by atoms with E-state index in [1.807, 2.05) is 0 Å². The highest BCUT2D eigenvalue weighted by Crippen LogP contribution is 2.54. The molecule has 6 saturated heterocycles. The zero-order chi connectivity index (χ0) is 53.1. The van der Waals surface area contributed by atoms with E-state index < -0.39 is 19.2 Å². The first-order valence-electron chi connectivity index (χ1n) is 29.8. The molecule has 3 spiro atoms. The second kappa shape index (κ2) is 20.6. The molecule has 9 aliphatic rings. The number of likely N-dealkylation sites (N-methyl/N-ethyl adjacent to an activating group) is 1. The van der Waals surface area contributed by atoms with Gasteiger partial charge in [-0.3, -0.25) is 0 Å². The van der Waals surface area contributed by atoms with Crippen molar-refractivity contribution in [3.8, 4) is 11.4 Å². The summed E-state index contributed by atoms with van der Waals surface area (Å²) in [6.45, 7) is 19.0. The Labute approximate surface area is 459 Å². The van der Waals surface area contributed by atoms with Gasteiger partial charge in [-0.15, -0.1) is 0 Å². The van der Waals surface area contributed by atoms with Crippen molar-refractivity contribution in [2.75, 3.05) is 38.0 Å². The van der Waals surface area contributed by atoms with Crippen LogP contribution in [0.2, 0.25) is 34.9 Å². The van der Waals surface area contributed by atoms with Crippen molar-refractivity contribution in [1.82, 2.24) is 18.6 Å². The Kier molecular flexibility index (Phi) is 13.7. The van der Waals surface area contributed by atoms with Gasteiger partial charge in [-0.25, -0.2) is 18.6 Å². The highest BCUT2D eigenvalue weighted by molar-refractivity contribution is 6.69. The lowest BCUT2D eigenvalue weighted by molar-refractivity contribution is -0.695. The zero-order valence-corrected chi connectivity index (χ0v) is 47.0. The summed E-state index contributed by atoms with van der Waals surface area (Å²) in [6, 6.07) is 18.1. The molecule has 9 aliphatic heterocycles. The van der Waals surface area contributed by atoms with E-state index >= 15 is 0 Å². The van der Waals surface area contributed by atoms with Crippen molar-refractivity contribution >= 4 is 56.1 Å². The van der Waals surface area contributed by atoms with Gasteiger partial charge in [0.2, 0.25) is 19.0 Å². The third-order valence-electron chi connectivity index (χ3n) is 21.9. The average molecular weight is 1030 g/mol. The fourth-order valence-corrected chi connectivity index (χ4v) is 18.3. The molecule has 2 aromatic carbocycles. The van der Waals surface area contributed by atoms with E-state index in [0.717, 1.165) is 22.8 Å². The molecular formula is C62H86B3N12+3. The molecule has 0 N–H and O–H groups in total. The molecule has 0 amide bonds. The van der Waals surface area contributed by atoms with E-state index in [4.69, 9.17) is 13.4 Å². The maximum atomic E-state index is 4.90. The first-order valence-corrected chi connectivity index (χ1v) is 29.8. The summed E-state index contributed by atoms with van der Waals surface area (Å²) in [4.78, 5) is 6.68. The molecule has 12 heterocycles. The lowest BCUT2D eigenvalue weighted by atomic mass is 9.23. The van der Waals surface area contributed by atoms with E-state index in [-0.39, 0.29) is 0 Å². The smallest absolute Gasteiger partial charge is 0.403 e. The molecule has 12 nitrogen and oxygen atoms in total. The van der Waals surface area contributed by atoms with Crippen LogP contribution in [0.25, 0.3) is 17.1 Å². The first kappa shape index (κ1) is 51.1. The Bertz CT molecular complexity index is 3110. The molecule has 0 aliphatic carbocycles. The number of allylic oxidation sites excluding steroid dienone is 3. The first-order chi connectivity index (χ1) is 37.4. The number of anilines is 2. The average Bonchev–Trinajstić information content (AvgIpc) is 4.45. The van der Waals surface area contributed by atoms with Crippen LogP contribution >= 0.6 is 0 Å². The predicted molar refractivity (Wildman–Crippen MR) is 319 cm³/mol. The summed E-state index contributed by atoms with van der Waals surface area (Å²) in [5.74, 6) is 3.47. The van der Waals surface area contributed by atoms with Gasteiger partial charge in [-0.1, -0.05) is 164 Å². The minimum Gasteiger partial charge on any atom is -0.403 e. The van der Waals surface area contributed by atoms with Gasteiger partial charge in [0.25, 0.3) is 0 Å². The fourth-order valence-electron chi connectivity index (χ4n) is 18.3. The quantitative estimate of drug-likeness (QED) is 0.145. The number of nitrogens with zero attached hydrogens (tertiary/aromatic N) is 12. The zero-order valence-electron chi connectivity index (χ0n) is 47.0. The maximum Gasteiger partial charge on any atom is 0.471 e. The molecule has 0 radical (unpaired) electrons. The monoisotopic (exact) mass is 1030 g/mol. The van der Waals surface area contributed by atoms with Gasteiger partial charge in [0, 0.05) is 32.5 Å². The number of imidazole rings is 3. The van der Waals surface area contributed by atoms with Gasteiger partial charge in [0.1, 0.15) is 53.8 Å². The van der Waals surface area contributed by atoms with Crippen LogP contribution in [0.3, 0.4) is 0 Å². The summed E-state index contributed by atoms with van der Waals surface area (Å²) >= 11 is 0. The van der Waals surface area contributed by atoms with Crippen LogP contribution in [0, 0.1) is 0 Å². The van der Waals surface area contributed by atoms with E-state index in [2.05, 4.69) is 245 Å². The van der Waals surface area contributed by atoms with Gasteiger partial charge in [0.15, 0.2) is 6.34 Å². The summed E-state index contributed by atoms with van der Waals surface area (Å²) in [6.07, 6.45) is 55.6. The Morgan fingerprint density at radius 2 is 0.740 bits per heavy atom. The normalized spacial score (nSPS) is 31.1. The van der Waals surface area contributed by atoms with E-state index in [1.54, 1.807) is 0 Å². The highest BCUT2D eigenvalue weighted by atomic mass is 15.2. The lowest BCUT2D eigenvalue weighted by Crippen LogP contribution is -2.86. The summed E-state index contributed by atoms with van der Waals surface area (Å²) in [7, 11) is 8.76. The van der Waals surface area contributed by atoms with Crippen molar-refractivity contribution < 1.29 is 26.9 Å². The van der Waals surface area contributed by atoms with Crippen LogP contribution in [0.5, 0.6) is 0 Å². The number of aromatic nitrogens is 6. The van der Waals surface area contributed by atoms with Crippen molar-refractivity contribution in [2.24, 2.45) is 0 Å². The lowest BCUT2D eigenvalue weighted by Gasteiger charge is -2.52. The van der Waals surface area contributed by atoms with Gasteiger partial charge >= 0.3 is 19.2 Å². The number of hydrogen-bond donors (Lipinski definition) is 0. The molecule has 5 aromatic rings. The topological polar surface area (TPSA) is 45.2 Å². The number of rotatable bonds is 0. The van der Waals surface area contributed by atoms with Crippen LogP contribution < -0.4 is 23.2 Å². The summed E-state index contributed by atoms with van der Waals surface area (Å²) < 4.78 is 21.9. The van der Waals surface area contributed by atoms with Gasteiger partial charge in [0.05, 0.1) is 51.5 Å². The van der Waals surface area contributed by atoms with Crippen molar-refractivity contribution in [1.29, 1.82) is 0 Å². The summed E-state index contributed by atoms with van der Waals surface area (Å²) in [5.41, 5.74) is 6.44. The van der Waals surface area contributed by atoms with Crippen LogP contribution in [0.15, 0.2) is 161 Å². The standard InChI is InChI=1S/C62H86B3N12/c1-51-27-28-52(2)72-41-44-75(48-72)64(55-19-11-20-56(64)22-12-21-55)70(7)40-38-67(4)60-31-35-62(36-32-60)74-43-46-77(50-74)65(57-23-13-24-58(65)26-14-25-57)76-45-42-73(49-76)61-33-29-59(30-34-61)66(3)37-39-69(6)63(71(8)47-68(51)5)53-15-9-16-54(63)18-10-17-53/h27-50,53-58H,1-2,6-7,9-26H2,3-5,8H3/q+3. The molecule has 15 heteroatoms. The molecule has 0 unspecified atom stereocenters. The molecule has 400 valence electrons. The second-order valence-electron chi connectivity index (χ2n) is 25.2. The Morgan fingerprint density at radius 3 is 1.17 bits per heavy atom. The minimum atomic E-state index is -1.22. The fraction of sp³-hybridized carbons (Fsp3) is 0.452. The van der Waals surface area contributed by atoms with Crippen LogP contribution in [-0.2, 0) is 0 Å². The Morgan fingerprint density at radius 1 is 0.416 bits per heavy atom. The molecule has 77 heavy (non-hydrogen) atoms. The third kappa shape index (κ3) is 8.60. The van der Waals surface area contributed by atoms with Gasteiger partial charge in [-0.2, -0.15) is 0 Å². The largest absolute Gasteiger partial charge is 0.471 e. The number of fused-ring (bicyclic) bond motifs is 2. The predicted octanol–water partition coefficient (Wildman–Crippen LogP) is 10.9. The van der Waals surface area contributed by atoms with Gasteiger partial charge < -0.3 is 36.7 Å². The molecular weight excluding hydrogens is 945 g/mol. The molecule has 16 bridgehead atoms. The van der Waals surface area contributed by atoms with E-state index in [1.165, 1.54) is 127 Å². The minimum absolute atomic E-state index is 0.554. The Hall–Kier alpha value is -6.63. The highest BCUT2D eigenvalue weighted by Gasteiger charge is 2.62. The SMILES string of the molecule is C=C1C=CC(=C)n2cc[n+](c2)[B-]2(C3CCCC2CCC3)[N+](=C)C=CN(C)c2ccc(cc2)-n2cc[n+](c2)[B-]2(C3CCCC2CCC3)[n+]2ccn(c2)-c2ccc(cc2)N(C)C=C[N+](=C)[B-]2(C3CCCC2CCC3)[N+](C)=CN1C. The molecule has 0 atom stereocenters. The van der Waals surface area contributed by atoms with Crippen molar-refractivity contribution in [2.45, 2.75) is 150 Å². The second-order valence-corrected chi connectivity index (χ2v) is 25.2. The van der Waals surface area contributed by atoms with E-state index in [9.17, 15) is 0 Å². The molecule has 6 fully saturated rings. The van der Waals surface area contributed by atoms with E-state index in [0.29, 0.717) is 34.9 Å². The van der Waals surface area contributed by atoms with Crippen LogP contribution in [0.1, 0.15) is 116 Å². The maximum absolute atomic E-state index is 4.90. The molecule has 14 rings (SSSR count). The molecule has 3 aromatic heterocycles.